The number of benzene rings is 1. The number of aromatic nitrogens is 4. The Morgan fingerprint density at radius 2 is 1.79 bits per heavy atom. The lowest BCUT2D eigenvalue weighted by Gasteiger charge is -2.24. The fourth-order valence-corrected chi connectivity index (χ4v) is 3.75. The SMILES string of the molecule is COC(=O)c1ccc(C2CC(=O)Nc3c2c(C)nn3-c2nc(C)cc(C)n2)cc1. The molecule has 0 bridgehead atoms. The number of nitrogens with zero attached hydrogens (tertiary/aromatic N) is 4. The van der Waals surface area contributed by atoms with E-state index < -0.39 is 5.97 Å². The second kappa shape index (κ2) is 7.12. The molecule has 148 valence electrons. The van der Waals surface area contributed by atoms with Gasteiger partial charge in [0.15, 0.2) is 0 Å². The van der Waals surface area contributed by atoms with Gasteiger partial charge in [0, 0.05) is 29.3 Å². The molecule has 3 heterocycles. The molecule has 0 saturated carbocycles. The third-order valence-corrected chi connectivity index (χ3v) is 5.00. The lowest BCUT2D eigenvalue weighted by Crippen LogP contribution is -2.25. The minimum atomic E-state index is -0.394. The van der Waals surface area contributed by atoms with Gasteiger partial charge in [-0.2, -0.15) is 9.78 Å². The molecular weight excluding hydrogens is 370 g/mol. The van der Waals surface area contributed by atoms with Gasteiger partial charge in [-0.3, -0.25) is 4.79 Å². The van der Waals surface area contributed by atoms with Crippen molar-refractivity contribution in [2.75, 3.05) is 12.4 Å². The number of hydrogen-bond acceptors (Lipinski definition) is 6. The summed E-state index contributed by atoms with van der Waals surface area (Å²) < 4.78 is 6.35. The van der Waals surface area contributed by atoms with Crippen molar-refractivity contribution in [3.8, 4) is 5.95 Å². The number of rotatable bonds is 3. The van der Waals surface area contributed by atoms with Gasteiger partial charge in [0.1, 0.15) is 5.82 Å². The van der Waals surface area contributed by atoms with Crippen molar-refractivity contribution in [1.29, 1.82) is 0 Å². The number of carbonyl (C=O) groups is 2. The summed E-state index contributed by atoms with van der Waals surface area (Å²) in [5.74, 6) is 0.337. The quantitative estimate of drug-likeness (QED) is 0.689. The van der Waals surface area contributed by atoms with Crippen molar-refractivity contribution >= 4 is 17.7 Å². The zero-order valence-corrected chi connectivity index (χ0v) is 16.7. The van der Waals surface area contributed by atoms with Gasteiger partial charge < -0.3 is 10.1 Å². The van der Waals surface area contributed by atoms with Crippen LogP contribution >= 0.6 is 0 Å². The molecule has 0 aliphatic carbocycles. The van der Waals surface area contributed by atoms with Gasteiger partial charge in [-0.15, -0.1) is 0 Å². The minimum Gasteiger partial charge on any atom is -0.465 e. The van der Waals surface area contributed by atoms with Crippen LogP contribution in [0.5, 0.6) is 0 Å². The van der Waals surface area contributed by atoms with Crippen LogP contribution in [-0.4, -0.2) is 38.7 Å². The van der Waals surface area contributed by atoms with Crippen LogP contribution in [0.2, 0.25) is 0 Å². The molecule has 1 atom stereocenters. The monoisotopic (exact) mass is 391 g/mol. The summed E-state index contributed by atoms with van der Waals surface area (Å²) in [5, 5.41) is 7.55. The van der Waals surface area contributed by atoms with E-state index in [0.29, 0.717) is 23.8 Å². The number of anilines is 1. The summed E-state index contributed by atoms with van der Waals surface area (Å²) in [5.41, 5.74) is 4.77. The molecule has 1 aliphatic rings. The van der Waals surface area contributed by atoms with Gasteiger partial charge in [0.05, 0.1) is 18.4 Å². The van der Waals surface area contributed by atoms with Gasteiger partial charge in [0.25, 0.3) is 5.95 Å². The molecule has 3 aromatic rings. The first-order valence-electron chi connectivity index (χ1n) is 9.27. The van der Waals surface area contributed by atoms with Gasteiger partial charge in [-0.1, -0.05) is 12.1 Å². The van der Waals surface area contributed by atoms with Gasteiger partial charge in [0.2, 0.25) is 5.91 Å². The Balaban J connectivity index is 1.81. The predicted octanol–water partition coefficient (Wildman–Crippen LogP) is 2.85. The number of esters is 1. The maximum atomic E-state index is 12.5. The van der Waals surface area contributed by atoms with Crippen LogP contribution in [0.1, 0.15) is 50.9 Å². The topological polar surface area (TPSA) is 99.0 Å². The Morgan fingerprint density at radius 1 is 1.14 bits per heavy atom. The van der Waals surface area contributed by atoms with Crippen LogP contribution in [-0.2, 0) is 9.53 Å². The summed E-state index contributed by atoms with van der Waals surface area (Å²) in [6, 6.07) is 9.00. The van der Waals surface area contributed by atoms with E-state index in [9.17, 15) is 9.59 Å². The third kappa shape index (κ3) is 3.37. The highest BCUT2D eigenvalue weighted by Gasteiger charge is 2.33. The number of fused-ring (bicyclic) bond motifs is 1. The number of nitrogens with one attached hydrogen (secondary N) is 1. The molecule has 1 amide bonds. The lowest BCUT2D eigenvalue weighted by molar-refractivity contribution is -0.116. The number of aryl methyl sites for hydroxylation is 3. The maximum absolute atomic E-state index is 12.5. The fraction of sp³-hybridized carbons (Fsp3) is 0.286. The first-order chi connectivity index (χ1) is 13.9. The average molecular weight is 391 g/mol. The lowest BCUT2D eigenvalue weighted by atomic mass is 9.85. The van der Waals surface area contributed by atoms with Crippen molar-refractivity contribution in [1.82, 2.24) is 19.7 Å². The van der Waals surface area contributed by atoms with Crippen molar-refractivity contribution in [2.24, 2.45) is 0 Å². The second-order valence-electron chi connectivity index (χ2n) is 7.13. The molecule has 8 nitrogen and oxygen atoms in total. The average Bonchev–Trinajstić information content (AvgIpc) is 3.02. The molecule has 1 aliphatic heterocycles. The molecule has 0 radical (unpaired) electrons. The highest BCUT2D eigenvalue weighted by Crippen LogP contribution is 2.39. The van der Waals surface area contributed by atoms with Crippen LogP contribution in [0.3, 0.4) is 0 Å². The van der Waals surface area contributed by atoms with Crippen molar-refractivity contribution in [2.45, 2.75) is 33.1 Å². The van der Waals surface area contributed by atoms with Gasteiger partial charge in [-0.05, 0) is 44.5 Å². The van der Waals surface area contributed by atoms with Crippen LogP contribution in [0.25, 0.3) is 5.95 Å². The predicted molar refractivity (Wildman–Crippen MR) is 106 cm³/mol. The molecule has 4 rings (SSSR count). The molecule has 1 unspecified atom stereocenters. The zero-order chi connectivity index (χ0) is 20.7. The first-order valence-corrected chi connectivity index (χ1v) is 9.27. The largest absolute Gasteiger partial charge is 0.465 e. The standard InChI is InChI=1S/C21H21N5O3/c1-11-9-12(2)23-21(22-11)26-19-18(13(3)25-26)16(10-17(27)24-19)14-5-7-15(8-6-14)20(28)29-4/h5-9,16H,10H2,1-4H3,(H,24,27). The van der Waals surface area contributed by atoms with Gasteiger partial charge in [-0.25, -0.2) is 14.8 Å². The van der Waals surface area contributed by atoms with Crippen molar-refractivity contribution < 1.29 is 14.3 Å². The van der Waals surface area contributed by atoms with Crippen molar-refractivity contribution in [3.63, 3.8) is 0 Å². The van der Waals surface area contributed by atoms with E-state index in [1.807, 2.05) is 39.0 Å². The Bertz CT molecular complexity index is 1100. The first kappa shape index (κ1) is 18.8. The highest BCUT2D eigenvalue weighted by atomic mass is 16.5. The van der Waals surface area contributed by atoms with E-state index in [1.54, 1.807) is 16.8 Å². The molecule has 8 heteroatoms. The number of carbonyl (C=O) groups excluding carboxylic acids is 2. The van der Waals surface area contributed by atoms with Crippen LogP contribution in [0.15, 0.2) is 30.3 Å². The molecule has 29 heavy (non-hydrogen) atoms. The Morgan fingerprint density at radius 3 is 2.41 bits per heavy atom. The van der Waals surface area contributed by atoms with Crippen LogP contribution in [0, 0.1) is 20.8 Å². The Labute approximate surface area is 167 Å². The highest BCUT2D eigenvalue weighted by molar-refractivity contribution is 5.95. The van der Waals surface area contributed by atoms with E-state index in [1.165, 1.54) is 7.11 Å². The van der Waals surface area contributed by atoms with E-state index >= 15 is 0 Å². The molecule has 1 aromatic carbocycles. The number of amides is 1. The molecule has 2 aromatic heterocycles. The smallest absolute Gasteiger partial charge is 0.337 e. The summed E-state index contributed by atoms with van der Waals surface area (Å²) in [4.78, 5) is 33.1. The van der Waals surface area contributed by atoms with E-state index in [0.717, 1.165) is 28.2 Å². The van der Waals surface area contributed by atoms with E-state index in [-0.39, 0.29) is 11.8 Å². The van der Waals surface area contributed by atoms with Crippen LogP contribution < -0.4 is 5.32 Å². The molecule has 0 saturated heterocycles. The summed E-state index contributed by atoms with van der Waals surface area (Å²) in [6.07, 6.45) is 0.296. The fourth-order valence-electron chi connectivity index (χ4n) is 3.75. The Kier molecular flexibility index (Phi) is 4.62. The maximum Gasteiger partial charge on any atom is 0.337 e. The number of hydrogen-bond donors (Lipinski definition) is 1. The molecule has 0 spiro atoms. The second-order valence-corrected chi connectivity index (χ2v) is 7.13. The summed E-state index contributed by atoms with van der Waals surface area (Å²) in [7, 11) is 1.35. The minimum absolute atomic E-state index is 0.106. The van der Waals surface area contributed by atoms with Crippen LogP contribution in [0.4, 0.5) is 5.82 Å². The van der Waals surface area contributed by atoms with E-state index in [4.69, 9.17) is 4.74 Å². The molecule has 0 fully saturated rings. The number of ether oxygens (including phenoxy) is 1. The normalized spacial score (nSPS) is 15.6. The van der Waals surface area contributed by atoms with E-state index in [2.05, 4.69) is 20.4 Å². The van der Waals surface area contributed by atoms with Gasteiger partial charge >= 0.3 is 5.97 Å². The number of methoxy groups -OCH3 is 1. The zero-order valence-electron chi connectivity index (χ0n) is 16.7. The summed E-state index contributed by atoms with van der Waals surface area (Å²) in [6.45, 7) is 5.70. The summed E-state index contributed by atoms with van der Waals surface area (Å²) >= 11 is 0. The third-order valence-electron chi connectivity index (χ3n) is 5.00. The molecular formula is C21H21N5O3. The molecule has 1 N–H and O–H groups in total. The Hall–Kier alpha value is -3.55. The van der Waals surface area contributed by atoms with Crippen molar-refractivity contribution in [3.05, 3.63) is 64.1 Å².